The summed E-state index contributed by atoms with van der Waals surface area (Å²) in [6.45, 7) is 5.05. The third kappa shape index (κ3) is 2.69. The average Bonchev–Trinajstić information content (AvgIpc) is 3.52. The molecule has 2 saturated carbocycles. The summed E-state index contributed by atoms with van der Waals surface area (Å²) < 4.78 is 53.9. The second-order valence-electron chi connectivity index (χ2n) is 10.1. The highest BCUT2D eigenvalue weighted by atomic mass is 35.5. The van der Waals surface area contributed by atoms with Gasteiger partial charge in [0, 0.05) is 21.9 Å². The number of anilines is 1. The SMILES string of the molecule is CC12CCC(C(=O)N3C(=O)O[C@](C#CC4CC4)(C(F)(F)F)c4cc(Cl)ccc43)(OC1=O)C2(C)C. The molecule has 3 atom stereocenters. The first-order valence-corrected chi connectivity index (χ1v) is 11.3. The predicted octanol–water partition coefficient (Wildman–Crippen LogP) is 5.12. The van der Waals surface area contributed by atoms with E-state index in [-0.39, 0.29) is 23.0 Å². The van der Waals surface area contributed by atoms with Crippen molar-refractivity contribution in [2.24, 2.45) is 16.7 Å². The Kier molecular flexibility index (Phi) is 4.53. The van der Waals surface area contributed by atoms with Crippen LogP contribution >= 0.6 is 11.6 Å². The first kappa shape index (κ1) is 23.0. The van der Waals surface area contributed by atoms with Gasteiger partial charge in [-0.3, -0.25) is 9.59 Å². The minimum atomic E-state index is -5.11. The van der Waals surface area contributed by atoms with E-state index in [9.17, 15) is 27.6 Å². The summed E-state index contributed by atoms with van der Waals surface area (Å²) in [6, 6.07) is 3.43. The molecule has 0 spiro atoms. The lowest BCUT2D eigenvalue weighted by Crippen LogP contribution is -2.61. The van der Waals surface area contributed by atoms with Crippen LogP contribution in [0.15, 0.2) is 18.2 Å². The monoisotopic (exact) mass is 495 g/mol. The van der Waals surface area contributed by atoms with Crippen molar-refractivity contribution < 1.29 is 37.0 Å². The number of imide groups is 1. The lowest BCUT2D eigenvalue weighted by Gasteiger charge is -2.43. The van der Waals surface area contributed by atoms with Gasteiger partial charge in [-0.15, -0.1) is 0 Å². The number of alkyl halides is 3. The molecule has 2 aliphatic heterocycles. The van der Waals surface area contributed by atoms with Gasteiger partial charge in [0.15, 0.2) is 5.60 Å². The van der Waals surface area contributed by atoms with E-state index in [0.717, 1.165) is 12.1 Å². The van der Waals surface area contributed by atoms with Gasteiger partial charge >= 0.3 is 18.2 Å². The fourth-order valence-corrected chi connectivity index (χ4v) is 5.39. The molecule has 5 rings (SSSR count). The van der Waals surface area contributed by atoms with Crippen molar-refractivity contribution in [3.63, 3.8) is 0 Å². The van der Waals surface area contributed by atoms with Crippen molar-refractivity contribution in [3.8, 4) is 11.8 Å². The highest BCUT2D eigenvalue weighted by Gasteiger charge is 2.77. The van der Waals surface area contributed by atoms with E-state index in [2.05, 4.69) is 11.8 Å². The van der Waals surface area contributed by atoms with Crippen LogP contribution in [-0.2, 0) is 24.7 Å². The number of benzene rings is 1. The van der Waals surface area contributed by atoms with Crippen molar-refractivity contribution in [2.75, 3.05) is 4.90 Å². The zero-order chi connectivity index (χ0) is 24.9. The third-order valence-corrected chi connectivity index (χ3v) is 8.30. The van der Waals surface area contributed by atoms with Crippen LogP contribution in [0.2, 0.25) is 5.02 Å². The van der Waals surface area contributed by atoms with Crippen molar-refractivity contribution in [3.05, 3.63) is 28.8 Å². The topological polar surface area (TPSA) is 72.9 Å². The Balaban J connectivity index is 1.68. The standard InChI is InChI=1S/C24H21ClF3NO5/c1-20(2)21(3)10-11-23(20,33-18(21)31)17(30)29-16-7-6-14(25)12-15(16)22(24(26,27)28,34-19(29)32)9-8-13-4-5-13/h6-7,12-13H,4-5,10-11H2,1-3H3/t21?,22-,23?/m0/s1. The Morgan fingerprint density at radius 2 is 1.82 bits per heavy atom. The van der Waals surface area contributed by atoms with Gasteiger partial charge in [0.25, 0.3) is 11.5 Å². The van der Waals surface area contributed by atoms with E-state index < -0.39 is 51.7 Å². The van der Waals surface area contributed by atoms with E-state index in [1.807, 2.05) is 0 Å². The Morgan fingerprint density at radius 1 is 1.15 bits per heavy atom. The maximum atomic E-state index is 14.5. The molecule has 4 aliphatic rings. The number of carbonyl (C=O) groups is 3. The zero-order valence-corrected chi connectivity index (χ0v) is 19.4. The van der Waals surface area contributed by atoms with Crippen LogP contribution < -0.4 is 4.90 Å². The molecule has 6 nitrogen and oxygen atoms in total. The second kappa shape index (κ2) is 6.69. The van der Waals surface area contributed by atoms with Gasteiger partial charge in [0.2, 0.25) is 0 Å². The summed E-state index contributed by atoms with van der Waals surface area (Å²) in [5.41, 5.74) is -7.93. The molecule has 1 saturated heterocycles. The van der Waals surface area contributed by atoms with E-state index in [0.29, 0.717) is 24.2 Å². The quantitative estimate of drug-likeness (QED) is 0.399. The second-order valence-corrected chi connectivity index (χ2v) is 10.5. The number of halogens is 4. The summed E-state index contributed by atoms with van der Waals surface area (Å²) in [7, 11) is 0. The molecule has 2 amide bonds. The van der Waals surface area contributed by atoms with E-state index >= 15 is 0 Å². The van der Waals surface area contributed by atoms with Gasteiger partial charge < -0.3 is 9.47 Å². The number of hydrogen-bond acceptors (Lipinski definition) is 5. The predicted molar refractivity (Wildman–Crippen MR) is 114 cm³/mol. The van der Waals surface area contributed by atoms with Crippen LogP contribution in [0.1, 0.15) is 52.0 Å². The molecule has 10 heteroatoms. The van der Waals surface area contributed by atoms with E-state index in [1.54, 1.807) is 20.8 Å². The molecule has 34 heavy (non-hydrogen) atoms. The Hall–Kier alpha value is -2.73. The lowest BCUT2D eigenvalue weighted by molar-refractivity contribution is -0.240. The molecule has 3 fully saturated rings. The Bertz CT molecular complexity index is 1210. The number of cyclic esters (lactones) is 1. The molecule has 2 bridgehead atoms. The van der Waals surface area contributed by atoms with Gasteiger partial charge in [0.05, 0.1) is 11.1 Å². The number of esters is 1. The van der Waals surface area contributed by atoms with Crippen LogP contribution in [0, 0.1) is 28.6 Å². The summed E-state index contributed by atoms with van der Waals surface area (Å²) in [5, 5.41) is -0.0508. The first-order valence-electron chi connectivity index (χ1n) is 10.9. The molecule has 0 radical (unpaired) electrons. The zero-order valence-electron chi connectivity index (χ0n) is 18.6. The minimum absolute atomic E-state index is 0.0508. The summed E-state index contributed by atoms with van der Waals surface area (Å²) in [4.78, 5) is 40.2. The summed E-state index contributed by atoms with van der Waals surface area (Å²) in [5.74, 6) is 2.93. The molecule has 0 N–H and O–H groups in total. The molecule has 1 aromatic rings. The average molecular weight is 496 g/mol. The number of nitrogens with zero attached hydrogens (tertiary/aromatic N) is 1. The third-order valence-electron chi connectivity index (χ3n) is 8.06. The maximum Gasteiger partial charge on any atom is 0.445 e. The van der Waals surface area contributed by atoms with Gasteiger partial charge in [0.1, 0.15) is 0 Å². The van der Waals surface area contributed by atoms with Crippen molar-refractivity contribution >= 4 is 35.3 Å². The smallest absolute Gasteiger partial charge is 0.445 e. The molecule has 2 heterocycles. The fourth-order valence-electron chi connectivity index (χ4n) is 5.22. The Morgan fingerprint density at radius 3 is 2.35 bits per heavy atom. The van der Waals surface area contributed by atoms with Crippen LogP contribution in [0.3, 0.4) is 0 Å². The van der Waals surface area contributed by atoms with Crippen LogP contribution in [0.25, 0.3) is 0 Å². The molecule has 2 unspecified atom stereocenters. The van der Waals surface area contributed by atoms with Gasteiger partial charge in [-0.2, -0.15) is 13.2 Å². The molecular formula is C24H21ClF3NO5. The molecule has 180 valence electrons. The van der Waals surface area contributed by atoms with Crippen molar-refractivity contribution in [1.29, 1.82) is 0 Å². The van der Waals surface area contributed by atoms with Gasteiger partial charge in [-0.05, 0) is 56.7 Å². The molecule has 1 aromatic carbocycles. The normalized spacial score (nSPS) is 33.6. The highest BCUT2D eigenvalue weighted by Crippen LogP contribution is 2.66. The first-order chi connectivity index (χ1) is 15.7. The van der Waals surface area contributed by atoms with Crippen LogP contribution in [0.4, 0.5) is 23.7 Å². The number of amides is 2. The van der Waals surface area contributed by atoms with E-state index in [4.69, 9.17) is 21.1 Å². The van der Waals surface area contributed by atoms with Gasteiger partial charge in [-0.1, -0.05) is 31.4 Å². The fraction of sp³-hybridized carbons (Fsp3) is 0.542. The molecule has 0 aromatic heterocycles. The number of ether oxygens (including phenoxy) is 2. The largest absolute Gasteiger partial charge is 0.448 e. The molecular weight excluding hydrogens is 475 g/mol. The number of fused-ring (bicyclic) bond motifs is 3. The van der Waals surface area contributed by atoms with E-state index in [1.165, 1.54) is 6.07 Å². The van der Waals surface area contributed by atoms with Crippen LogP contribution in [0.5, 0.6) is 0 Å². The minimum Gasteiger partial charge on any atom is -0.448 e. The maximum absolute atomic E-state index is 14.5. The van der Waals surface area contributed by atoms with Gasteiger partial charge in [-0.25, -0.2) is 9.69 Å². The Labute approximate surface area is 198 Å². The van der Waals surface area contributed by atoms with Crippen LogP contribution in [-0.4, -0.2) is 29.7 Å². The molecule has 2 aliphatic carbocycles. The summed E-state index contributed by atoms with van der Waals surface area (Å²) >= 11 is 6.04. The number of rotatable bonds is 1. The summed E-state index contributed by atoms with van der Waals surface area (Å²) in [6.07, 6.45) is -4.88. The lowest BCUT2D eigenvalue weighted by atomic mass is 9.66. The number of hydrogen-bond donors (Lipinski definition) is 0. The highest BCUT2D eigenvalue weighted by molar-refractivity contribution is 6.31. The van der Waals surface area contributed by atoms with Crippen molar-refractivity contribution in [2.45, 2.75) is 63.8 Å². The van der Waals surface area contributed by atoms with Crippen molar-refractivity contribution in [1.82, 2.24) is 0 Å². The number of carbonyl (C=O) groups excluding carboxylic acids is 3.